The molecule has 1 aromatic heterocycles. The van der Waals surface area contributed by atoms with E-state index in [4.69, 9.17) is 14.7 Å². The number of methoxy groups -OCH3 is 1. The Hall–Kier alpha value is -3.45. The van der Waals surface area contributed by atoms with E-state index in [1.165, 1.54) is 12.1 Å². The lowest BCUT2D eigenvalue weighted by atomic mass is 9.74. The molecule has 3 fully saturated rings. The summed E-state index contributed by atoms with van der Waals surface area (Å²) in [6.07, 6.45) is 2.24. The number of aryl methyl sites for hydroxylation is 1. The van der Waals surface area contributed by atoms with Crippen LogP contribution in [0.25, 0.3) is 11.3 Å². The van der Waals surface area contributed by atoms with Crippen LogP contribution in [0.2, 0.25) is 0 Å². The van der Waals surface area contributed by atoms with Crippen LogP contribution in [0.4, 0.5) is 5.69 Å². The molecule has 0 radical (unpaired) electrons. The molecule has 1 unspecified atom stereocenters. The fraction of sp³-hybridized carbons (Fsp3) is 0.414. The number of nitrogens with zero attached hydrogens (tertiary/aromatic N) is 4. The summed E-state index contributed by atoms with van der Waals surface area (Å²) in [7, 11) is 5.72. The smallest absolute Gasteiger partial charge is 0.251 e. The van der Waals surface area contributed by atoms with Gasteiger partial charge in [-0.2, -0.15) is 0 Å². The van der Waals surface area contributed by atoms with Gasteiger partial charge in [-0.15, -0.1) is 0 Å². The van der Waals surface area contributed by atoms with E-state index in [0.717, 1.165) is 48.0 Å². The zero-order valence-electron chi connectivity index (χ0n) is 21.6. The van der Waals surface area contributed by atoms with E-state index in [1.54, 1.807) is 19.2 Å². The number of hydrogen-bond acceptors (Lipinski definition) is 6. The fourth-order valence-electron chi connectivity index (χ4n) is 5.60. The molecule has 3 saturated heterocycles. The molecule has 1 N–H and O–H groups in total. The second-order valence-electron chi connectivity index (χ2n) is 10.1. The van der Waals surface area contributed by atoms with Gasteiger partial charge < -0.3 is 15.0 Å². The molecule has 4 atom stereocenters. The molecule has 2 bridgehead atoms. The molecule has 0 spiro atoms. The summed E-state index contributed by atoms with van der Waals surface area (Å²) in [5.74, 6) is 2.50. The lowest BCUT2D eigenvalue weighted by Crippen LogP contribution is -2.56. The normalized spacial score (nSPS) is 22.8. The quantitative estimate of drug-likeness (QED) is 0.543. The van der Waals surface area contributed by atoms with Gasteiger partial charge in [0, 0.05) is 61.7 Å². The number of ether oxygens (including phenoxy) is 1. The Labute approximate surface area is 213 Å². The van der Waals surface area contributed by atoms with Crippen molar-refractivity contribution in [3.05, 3.63) is 71.7 Å². The molecular weight excluding hydrogens is 450 g/mol. The number of fused-ring (bicyclic) bond motifs is 3. The topological polar surface area (TPSA) is 70.6 Å². The molecule has 1 amide bonds. The van der Waals surface area contributed by atoms with Crippen LogP contribution < -0.4 is 15.0 Å². The van der Waals surface area contributed by atoms with Crippen LogP contribution in [0.3, 0.4) is 0 Å². The van der Waals surface area contributed by atoms with Crippen LogP contribution in [-0.4, -0.2) is 67.7 Å². The third kappa shape index (κ3) is 5.07. The molecule has 36 heavy (non-hydrogen) atoms. The number of amides is 1. The lowest BCUT2D eigenvalue weighted by Gasteiger charge is -2.49. The van der Waals surface area contributed by atoms with Crippen molar-refractivity contribution < 1.29 is 9.53 Å². The average Bonchev–Trinajstić information content (AvgIpc) is 2.91. The first-order valence-corrected chi connectivity index (χ1v) is 12.7. The molecule has 3 aromatic rings. The molecule has 0 saturated carbocycles. The Morgan fingerprint density at radius 1 is 1.11 bits per heavy atom. The fourth-order valence-corrected chi connectivity index (χ4v) is 5.60. The summed E-state index contributed by atoms with van der Waals surface area (Å²) >= 11 is 0. The minimum Gasteiger partial charge on any atom is -0.497 e. The van der Waals surface area contributed by atoms with Crippen LogP contribution in [0.15, 0.2) is 54.6 Å². The van der Waals surface area contributed by atoms with E-state index in [0.29, 0.717) is 30.0 Å². The lowest BCUT2D eigenvalue weighted by molar-refractivity contribution is 0.0290. The summed E-state index contributed by atoms with van der Waals surface area (Å²) in [6.45, 7) is 4.71. The molecule has 7 nitrogen and oxygen atoms in total. The van der Waals surface area contributed by atoms with Crippen molar-refractivity contribution in [2.45, 2.75) is 31.7 Å². The second-order valence-corrected chi connectivity index (χ2v) is 10.1. The van der Waals surface area contributed by atoms with Gasteiger partial charge in [-0.25, -0.2) is 9.97 Å². The minimum absolute atomic E-state index is 0.0341. The molecule has 4 heterocycles. The molecule has 0 aliphatic carbocycles. The van der Waals surface area contributed by atoms with Crippen LogP contribution in [0.5, 0.6) is 5.75 Å². The van der Waals surface area contributed by atoms with Crippen molar-refractivity contribution in [3.63, 3.8) is 0 Å². The SMILES string of the molecule is COc1ccc(C(=O)NC[C@H]2C[C@@H]3CCN2C[C@@H]3c2cc(-c3ccc(N(C)C)cc3)nc(C)n2)cc1. The van der Waals surface area contributed by atoms with E-state index in [2.05, 4.69) is 45.4 Å². The summed E-state index contributed by atoms with van der Waals surface area (Å²) in [6, 6.07) is 18.3. The predicted octanol–water partition coefficient (Wildman–Crippen LogP) is 4.13. The molecular formula is C29H35N5O2. The van der Waals surface area contributed by atoms with E-state index in [-0.39, 0.29) is 5.91 Å². The number of carbonyl (C=O) groups is 1. The highest BCUT2D eigenvalue weighted by Gasteiger charge is 2.41. The number of piperidine rings is 3. The first-order valence-electron chi connectivity index (χ1n) is 12.7. The van der Waals surface area contributed by atoms with E-state index in [9.17, 15) is 4.79 Å². The second kappa shape index (κ2) is 10.3. The Morgan fingerprint density at radius 3 is 2.50 bits per heavy atom. The van der Waals surface area contributed by atoms with Crippen molar-refractivity contribution in [1.82, 2.24) is 20.2 Å². The van der Waals surface area contributed by atoms with Gasteiger partial charge in [-0.1, -0.05) is 12.1 Å². The van der Waals surface area contributed by atoms with Gasteiger partial charge in [-0.3, -0.25) is 9.69 Å². The van der Waals surface area contributed by atoms with Crippen LogP contribution in [0.1, 0.15) is 40.6 Å². The monoisotopic (exact) mass is 485 g/mol. The van der Waals surface area contributed by atoms with Gasteiger partial charge in [0.05, 0.1) is 12.8 Å². The number of anilines is 1. The van der Waals surface area contributed by atoms with E-state index < -0.39 is 0 Å². The number of rotatable bonds is 7. The highest BCUT2D eigenvalue weighted by atomic mass is 16.5. The standard InChI is InChI=1S/C29H35N5O2/c1-19-31-27(20-5-9-23(10-6-20)33(2)3)16-28(32-19)26-18-34-14-13-22(26)15-24(34)17-30-29(35)21-7-11-25(36-4)12-8-21/h5-12,16,22,24,26H,13-15,17-18H2,1-4H3,(H,30,35)/t22-,24+,26-/m0/s1. The van der Waals surface area contributed by atoms with Crippen molar-refractivity contribution in [2.75, 3.05) is 45.7 Å². The third-order valence-corrected chi connectivity index (χ3v) is 7.65. The Kier molecular flexibility index (Phi) is 6.92. The molecule has 2 aromatic carbocycles. The predicted molar refractivity (Wildman–Crippen MR) is 143 cm³/mol. The van der Waals surface area contributed by atoms with Gasteiger partial charge >= 0.3 is 0 Å². The molecule has 3 aliphatic rings. The highest BCUT2D eigenvalue weighted by molar-refractivity contribution is 5.94. The molecule has 7 heteroatoms. The summed E-state index contributed by atoms with van der Waals surface area (Å²) < 4.78 is 5.19. The Morgan fingerprint density at radius 2 is 1.86 bits per heavy atom. The third-order valence-electron chi connectivity index (χ3n) is 7.65. The highest BCUT2D eigenvalue weighted by Crippen LogP contribution is 2.41. The maximum atomic E-state index is 12.7. The Bertz CT molecular complexity index is 1210. The van der Waals surface area contributed by atoms with Gasteiger partial charge in [0.25, 0.3) is 5.91 Å². The Balaban J connectivity index is 1.25. The number of hydrogen-bond donors (Lipinski definition) is 1. The van der Waals surface area contributed by atoms with Crippen molar-refractivity contribution in [3.8, 4) is 17.0 Å². The largest absolute Gasteiger partial charge is 0.497 e. The number of nitrogens with one attached hydrogen (secondary N) is 1. The van der Waals surface area contributed by atoms with Crippen molar-refractivity contribution in [2.24, 2.45) is 5.92 Å². The van der Waals surface area contributed by atoms with Crippen LogP contribution >= 0.6 is 0 Å². The van der Waals surface area contributed by atoms with Gasteiger partial charge in [0.15, 0.2) is 0 Å². The van der Waals surface area contributed by atoms with Crippen molar-refractivity contribution in [1.29, 1.82) is 0 Å². The summed E-state index contributed by atoms with van der Waals surface area (Å²) in [5, 5.41) is 3.15. The van der Waals surface area contributed by atoms with Gasteiger partial charge in [0.2, 0.25) is 0 Å². The minimum atomic E-state index is -0.0341. The van der Waals surface area contributed by atoms with Crippen molar-refractivity contribution >= 4 is 11.6 Å². The molecule has 6 rings (SSSR count). The number of carbonyl (C=O) groups excluding carboxylic acids is 1. The first-order chi connectivity index (χ1) is 17.4. The maximum Gasteiger partial charge on any atom is 0.251 e. The molecule has 188 valence electrons. The summed E-state index contributed by atoms with van der Waals surface area (Å²) in [5.41, 5.74) is 5.08. The molecule has 3 aliphatic heterocycles. The van der Waals surface area contributed by atoms with E-state index in [1.807, 2.05) is 33.2 Å². The van der Waals surface area contributed by atoms with Gasteiger partial charge in [0.1, 0.15) is 11.6 Å². The number of benzene rings is 2. The van der Waals surface area contributed by atoms with E-state index >= 15 is 0 Å². The zero-order chi connectivity index (χ0) is 25.2. The van der Waals surface area contributed by atoms with Crippen LogP contribution in [0, 0.1) is 12.8 Å². The summed E-state index contributed by atoms with van der Waals surface area (Å²) in [4.78, 5) is 26.9. The zero-order valence-corrected chi connectivity index (χ0v) is 21.6. The maximum absolute atomic E-state index is 12.7. The van der Waals surface area contributed by atoms with Gasteiger partial charge in [-0.05, 0) is 74.7 Å². The average molecular weight is 486 g/mol. The first kappa shape index (κ1) is 24.3. The number of aromatic nitrogens is 2. The van der Waals surface area contributed by atoms with Crippen LogP contribution in [-0.2, 0) is 0 Å².